The van der Waals surface area contributed by atoms with Crippen LogP contribution in [0, 0.1) is 12.7 Å². The van der Waals surface area contributed by atoms with Gasteiger partial charge in [0.25, 0.3) is 0 Å². The smallest absolute Gasteiger partial charge is 0.217 e. The topological polar surface area (TPSA) is 108 Å². The molecule has 0 fully saturated rings. The van der Waals surface area contributed by atoms with Gasteiger partial charge in [0, 0.05) is 23.4 Å². The van der Waals surface area contributed by atoms with Crippen LogP contribution in [-0.4, -0.2) is 43.1 Å². The van der Waals surface area contributed by atoms with Crippen LogP contribution in [0.4, 0.5) is 16.0 Å². The SMILES string of the molecule is CCCC1(c2cccnc2OC)c2c(N)nc(C)nc2N(Cc2cn(-c3ccccc3F)nn2)C1CC. The Balaban J connectivity index is 1.67. The second kappa shape index (κ2) is 9.76. The maximum absolute atomic E-state index is 14.4. The van der Waals surface area contributed by atoms with E-state index in [1.165, 1.54) is 10.7 Å². The highest BCUT2D eigenvalue weighted by atomic mass is 19.1. The first-order chi connectivity index (χ1) is 17.9. The molecule has 4 aromatic rings. The average molecular weight is 503 g/mol. The highest BCUT2D eigenvalue weighted by molar-refractivity contribution is 5.72. The molecular weight excluding hydrogens is 471 g/mol. The molecular formula is C27H31FN8O. The van der Waals surface area contributed by atoms with E-state index < -0.39 is 5.41 Å². The molecule has 0 radical (unpaired) electrons. The van der Waals surface area contributed by atoms with Gasteiger partial charge in [0.1, 0.15) is 34.7 Å². The van der Waals surface area contributed by atoms with E-state index in [9.17, 15) is 4.39 Å². The number of pyridine rings is 1. The van der Waals surface area contributed by atoms with Crippen molar-refractivity contribution in [1.29, 1.82) is 0 Å². The van der Waals surface area contributed by atoms with Crippen LogP contribution in [0.2, 0.25) is 0 Å². The number of hydrogen-bond acceptors (Lipinski definition) is 8. The van der Waals surface area contributed by atoms with Crippen molar-refractivity contribution in [2.45, 2.75) is 58.0 Å². The van der Waals surface area contributed by atoms with E-state index in [4.69, 9.17) is 15.5 Å². The molecule has 0 saturated carbocycles. The number of rotatable bonds is 8. The lowest BCUT2D eigenvalue weighted by molar-refractivity contribution is 0.337. The second-order valence-corrected chi connectivity index (χ2v) is 9.29. The van der Waals surface area contributed by atoms with Gasteiger partial charge in [-0.3, -0.25) is 0 Å². The number of para-hydroxylation sites is 1. The van der Waals surface area contributed by atoms with E-state index in [0.29, 0.717) is 35.4 Å². The number of fused-ring (bicyclic) bond motifs is 1. The van der Waals surface area contributed by atoms with Crippen LogP contribution < -0.4 is 15.4 Å². The first kappa shape index (κ1) is 24.6. The molecule has 1 aromatic carbocycles. The number of hydrogen-bond donors (Lipinski definition) is 1. The molecule has 0 spiro atoms. The molecule has 1 aliphatic heterocycles. The molecule has 5 rings (SSSR count). The summed E-state index contributed by atoms with van der Waals surface area (Å²) in [5.41, 5.74) is 9.00. The molecule has 0 saturated heterocycles. The molecule has 192 valence electrons. The van der Waals surface area contributed by atoms with E-state index in [1.54, 1.807) is 37.7 Å². The number of aryl methyl sites for hydroxylation is 1. The molecule has 2 atom stereocenters. The summed E-state index contributed by atoms with van der Waals surface area (Å²) in [6.45, 7) is 6.58. The Kier molecular flexibility index (Phi) is 6.49. The Hall–Kier alpha value is -4.08. The number of nitrogen functional groups attached to an aromatic ring is 1. The van der Waals surface area contributed by atoms with Crippen molar-refractivity contribution in [3.05, 3.63) is 77.3 Å². The van der Waals surface area contributed by atoms with Crippen molar-refractivity contribution in [2.24, 2.45) is 0 Å². The van der Waals surface area contributed by atoms with E-state index >= 15 is 0 Å². The lowest BCUT2D eigenvalue weighted by Crippen LogP contribution is -2.45. The molecule has 0 aliphatic carbocycles. The van der Waals surface area contributed by atoms with Crippen molar-refractivity contribution < 1.29 is 9.13 Å². The summed E-state index contributed by atoms with van der Waals surface area (Å²) in [6.07, 6.45) is 5.99. The number of anilines is 2. The quantitative estimate of drug-likeness (QED) is 0.378. The van der Waals surface area contributed by atoms with Gasteiger partial charge in [-0.15, -0.1) is 5.10 Å². The lowest BCUT2D eigenvalue weighted by Gasteiger charge is -2.39. The lowest BCUT2D eigenvalue weighted by atomic mass is 9.67. The molecule has 4 heterocycles. The molecule has 2 unspecified atom stereocenters. The fourth-order valence-electron chi connectivity index (χ4n) is 5.88. The van der Waals surface area contributed by atoms with E-state index in [-0.39, 0.29) is 11.9 Å². The maximum Gasteiger partial charge on any atom is 0.217 e. The Morgan fingerprint density at radius 3 is 2.68 bits per heavy atom. The summed E-state index contributed by atoms with van der Waals surface area (Å²) in [7, 11) is 1.64. The maximum atomic E-state index is 14.4. The van der Waals surface area contributed by atoms with Crippen LogP contribution in [0.1, 0.15) is 55.8 Å². The second-order valence-electron chi connectivity index (χ2n) is 9.29. The van der Waals surface area contributed by atoms with Gasteiger partial charge in [-0.1, -0.05) is 43.7 Å². The summed E-state index contributed by atoms with van der Waals surface area (Å²) < 4.78 is 21.6. The predicted octanol–water partition coefficient (Wildman–Crippen LogP) is 4.38. The van der Waals surface area contributed by atoms with Gasteiger partial charge in [0.05, 0.1) is 25.3 Å². The van der Waals surface area contributed by atoms with Gasteiger partial charge in [-0.05, 0) is 38.0 Å². The minimum absolute atomic E-state index is 0.0300. The van der Waals surface area contributed by atoms with Gasteiger partial charge < -0.3 is 15.4 Å². The predicted molar refractivity (Wildman–Crippen MR) is 139 cm³/mol. The van der Waals surface area contributed by atoms with Crippen molar-refractivity contribution in [3.63, 3.8) is 0 Å². The molecule has 0 amide bonds. The summed E-state index contributed by atoms with van der Waals surface area (Å²) in [5.74, 6) is 2.03. The number of nitrogens with two attached hydrogens (primary N) is 1. The van der Waals surface area contributed by atoms with Crippen molar-refractivity contribution in [3.8, 4) is 11.6 Å². The van der Waals surface area contributed by atoms with Crippen molar-refractivity contribution in [1.82, 2.24) is 29.9 Å². The number of methoxy groups -OCH3 is 1. The molecule has 3 aromatic heterocycles. The molecule has 9 nitrogen and oxygen atoms in total. The van der Waals surface area contributed by atoms with E-state index in [2.05, 4.69) is 45.1 Å². The first-order valence-corrected chi connectivity index (χ1v) is 12.5. The summed E-state index contributed by atoms with van der Waals surface area (Å²) in [6, 6.07) is 10.5. The fourth-order valence-corrected chi connectivity index (χ4v) is 5.88. The zero-order valence-electron chi connectivity index (χ0n) is 21.5. The Morgan fingerprint density at radius 2 is 1.95 bits per heavy atom. The number of ether oxygens (including phenoxy) is 1. The minimum atomic E-state index is -0.544. The Bertz CT molecular complexity index is 1420. The third kappa shape index (κ3) is 3.96. The number of benzene rings is 1. The van der Waals surface area contributed by atoms with Crippen LogP contribution in [0.25, 0.3) is 5.69 Å². The average Bonchev–Trinajstić information content (AvgIpc) is 3.46. The molecule has 37 heavy (non-hydrogen) atoms. The zero-order chi connectivity index (χ0) is 26.2. The van der Waals surface area contributed by atoms with Gasteiger partial charge in [0.15, 0.2) is 0 Å². The van der Waals surface area contributed by atoms with E-state index in [1.807, 2.05) is 13.0 Å². The highest BCUT2D eigenvalue weighted by Gasteiger charge is 2.54. The van der Waals surface area contributed by atoms with Gasteiger partial charge in [-0.25, -0.2) is 24.0 Å². The van der Waals surface area contributed by atoms with Gasteiger partial charge in [0.2, 0.25) is 5.88 Å². The normalized spacial score (nSPS) is 18.7. The number of halogens is 1. The summed E-state index contributed by atoms with van der Waals surface area (Å²) in [5, 5.41) is 8.58. The first-order valence-electron chi connectivity index (χ1n) is 12.5. The standard InChI is InChI=1S/C27H31FN8O/c1-5-13-27(19-10-9-14-30-26(19)37-4)22(6-2)35(25-23(27)24(29)31-17(3)32-25)15-18-16-36(34-33-18)21-12-8-7-11-20(21)28/h7-12,14,16,22H,5-6,13,15H2,1-4H3,(H2,29,31,32). The summed E-state index contributed by atoms with van der Waals surface area (Å²) in [4.78, 5) is 16.2. The Labute approximate surface area is 215 Å². The third-order valence-electron chi connectivity index (χ3n) is 7.14. The van der Waals surface area contributed by atoms with Gasteiger partial charge in [-0.2, -0.15) is 0 Å². The number of nitrogens with zero attached hydrogens (tertiary/aromatic N) is 7. The van der Waals surface area contributed by atoms with Crippen LogP contribution in [0.3, 0.4) is 0 Å². The van der Waals surface area contributed by atoms with Crippen molar-refractivity contribution >= 4 is 11.6 Å². The highest BCUT2D eigenvalue weighted by Crippen LogP contribution is 2.56. The van der Waals surface area contributed by atoms with Crippen LogP contribution in [-0.2, 0) is 12.0 Å². The van der Waals surface area contributed by atoms with Crippen LogP contribution >= 0.6 is 0 Å². The largest absolute Gasteiger partial charge is 0.481 e. The monoisotopic (exact) mass is 502 g/mol. The third-order valence-corrected chi connectivity index (χ3v) is 7.14. The number of aromatic nitrogens is 6. The summed E-state index contributed by atoms with van der Waals surface area (Å²) >= 11 is 0. The van der Waals surface area contributed by atoms with E-state index in [0.717, 1.165) is 36.2 Å². The fraction of sp³-hybridized carbons (Fsp3) is 0.370. The Morgan fingerprint density at radius 1 is 1.14 bits per heavy atom. The zero-order valence-corrected chi connectivity index (χ0v) is 21.5. The van der Waals surface area contributed by atoms with Crippen LogP contribution in [0.15, 0.2) is 48.8 Å². The van der Waals surface area contributed by atoms with Gasteiger partial charge >= 0.3 is 0 Å². The molecule has 10 heteroatoms. The minimum Gasteiger partial charge on any atom is -0.481 e. The molecule has 1 aliphatic rings. The van der Waals surface area contributed by atoms with Crippen molar-refractivity contribution in [2.75, 3.05) is 17.7 Å². The van der Waals surface area contributed by atoms with Crippen LogP contribution in [0.5, 0.6) is 5.88 Å². The molecule has 2 N–H and O–H groups in total. The molecule has 0 bridgehead atoms.